The van der Waals surface area contributed by atoms with Gasteiger partial charge in [0.05, 0.1) is 0 Å². The van der Waals surface area contributed by atoms with Crippen molar-refractivity contribution in [1.29, 1.82) is 0 Å². The minimum Gasteiger partial charge on any atom is -0.312 e. The van der Waals surface area contributed by atoms with Crippen LogP contribution in [0.3, 0.4) is 0 Å². The Balaban J connectivity index is 3.00. The summed E-state index contributed by atoms with van der Waals surface area (Å²) >= 11 is 0. The SMILES string of the molecule is CCNC(Cc1ccc(F)cc1F)C(C)(C)N(CC)CC. The fourth-order valence-corrected chi connectivity index (χ4v) is 2.98. The Bertz CT molecular complexity index is 442. The van der Waals surface area contributed by atoms with Crippen molar-refractivity contribution in [2.75, 3.05) is 19.6 Å². The van der Waals surface area contributed by atoms with Crippen molar-refractivity contribution in [3.05, 3.63) is 35.4 Å². The van der Waals surface area contributed by atoms with Gasteiger partial charge in [0.1, 0.15) is 11.6 Å². The monoisotopic (exact) mass is 298 g/mol. The molecule has 120 valence electrons. The van der Waals surface area contributed by atoms with Crippen molar-refractivity contribution in [3.63, 3.8) is 0 Å². The summed E-state index contributed by atoms with van der Waals surface area (Å²) in [5, 5.41) is 3.46. The van der Waals surface area contributed by atoms with Crippen molar-refractivity contribution in [3.8, 4) is 0 Å². The Labute approximate surface area is 127 Å². The Morgan fingerprint density at radius 1 is 1.14 bits per heavy atom. The summed E-state index contributed by atoms with van der Waals surface area (Å²) in [6.45, 7) is 13.4. The van der Waals surface area contributed by atoms with E-state index in [4.69, 9.17) is 0 Å². The molecule has 0 saturated carbocycles. The van der Waals surface area contributed by atoms with Crippen molar-refractivity contribution in [2.45, 2.75) is 52.6 Å². The van der Waals surface area contributed by atoms with Crippen LogP contribution in [0, 0.1) is 11.6 Å². The number of hydrogen-bond donors (Lipinski definition) is 1. The van der Waals surface area contributed by atoms with Crippen LogP contribution in [-0.4, -0.2) is 36.1 Å². The van der Waals surface area contributed by atoms with E-state index in [9.17, 15) is 8.78 Å². The standard InChI is InChI=1S/C17H28F2N2/c1-6-20-16(17(4,5)21(7-2)8-3)11-13-9-10-14(18)12-15(13)19/h9-10,12,16,20H,6-8,11H2,1-5H3. The molecule has 1 rings (SSSR count). The van der Waals surface area contributed by atoms with Gasteiger partial charge in [-0.3, -0.25) is 4.90 Å². The molecule has 0 aliphatic heterocycles. The quantitative estimate of drug-likeness (QED) is 0.789. The predicted molar refractivity (Wildman–Crippen MR) is 84.5 cm³/mol. The Morgan fingerprint density at radius 3 is 2.24 bits per heavy atom. The summed E-state index contributed by atoms with van der Waals surface area (Å²) in [6, 6.07) is 3.93. The normalized spacial score (nSPS) is 13.7. The summed E-state index contributed by atoms with van der Waals surface area (Å²) < 4.78 is 27.0. The third-order valence-corrected chi connectivity index (χ3v) is 4.32. The molecule has 4 heteroatoms. The molecule has 0 saturated heterocycles. The molecular formula is C17H28F2N2. The van der Waals surface area contributed by atoms with E-state index in [0.717, 1.165) is 25.7 Å². The maximum absolute atomic E-state index is 13.9. The first-order valence-corrected chi connectivity index (χ1v) is 7.79. The van der Waals surface area contributed by atoms with E-state index < -0.39 is 11.6 Å². The van der Waals surface area contributed by atoms with Crippen LogP contribution in [0.2, 0.25) is 0 Å². The molecule has 1 aromatic carbocycles. The summed E-state index contributed by atoms with van der Waals surface area (Å²) in [4.78, 5) is 2.36. The highest BCUT2D eigenvalue weighted by Gasteiger charge is 2.33. The molecule has 0 heterocycles. The molecule has 2 nitrogen and oxygen atoms in total. The van der Waals surface area contributed by atoms with Gasteiger partial charge in [-0.05, 0) is 51.5 Å². The van der Waals surface area contributed by atoms with Gasteiger partial charge in [0.2, 0.25) is 0 Å². The zero-order valence-corrected chi connectivity index (χ0v) is 13.8. The van der Waals surface area contributed by atoms with Gasteiger partial charge < -0.3 is 5.32 Å². The molecule has 0 aliphatic carbocycles. The summed E-state index contributed by atoms with van der Waals surface area (Å²) in [6.07, 6.45) is 0.545. The fraction of sp³-hybridized carbons (Fsp3) is 0.647. The number of rotatable bonds is 8. The van der Waals surface area contributed by atoms with Crippen LogP contribution in [0.15, 0.2) is 18.2 Å². The molecule has 0 aliphatic rings. The van der Waals surface area contributed by atoms with E-state index in [0.29, 0.717) is 12.0 Å². The van der Waals surface area contributed by atoms with Crippen LogP contribution < -0.4 is 5.32 Å². The van der Waals surface area contributed by atoms with Crippen LogP contribution in [0.5, 0.6) is 0 Å². The molecule has 0 radical (unpaired) electrons. The number of benzene rings is 1. The zero-order valence-electron chi connectivity index (χ0n) is 13.8. The first-order valence-electron chi connectivity index (χ1n) is 7.79. The van der Waals surface area contributed by atoms with Crippen LogP contribution >= 0.6 is 0 Å². The first-order chi connectivity index (χ1) is 9.86. The van der Waals surface area contributed by atoms with Crippen LogP contribution in [0.25, 0.3) is 0 Å². The summed E-state index contributed by atoms with van der Waals surface area (Å²) in [7, 11) is 0. The van der Waals surface area contributed by atoms with Crippen molar-refractivity contribution >= 4 is 0 Å². The van der Waals surface area contributed by atoms with E-state index in [1.165, 1.54) is 6.07 Å². The smallest absolute Gasteiger partial charge is 0.129 e. The van der Waals surface area contributed by atoms with Gasteiger partial charge in [0.25, 0.3) is 0 Å². The molecule has 0 spiro atoms. The van der Waals surface area contributed by atoms with Gasteiger partial charge in [0.15, 0.2) is 0 Å². The number of halogens is 2. The molecule has 1 N–H and O–H groups in total. The Morgan fingerprint density at radius 2 is 1.76 bits per heavy atom. The molecular weight excluding hydrogens is 270 g/mol. The van der Waals surface area contributed by atoms with Crippen molar-refractivity contribution in [1.82, 2.24) is 10.2 Å². The largest absolute Gasteiger partial charge is 0.312 e. The van der Waals surface area contributed by atoms with Crippen LogP contribution in [0.4, 0.5) is 8.78 Å². The minimum atomic E-state index is -0.528. The summed E-state index contributed by atoms with van der Waals surface area (Å²) in [5.41, 5.74) is 0.447. The van der Waals surface area contributed by atoms with Gasteiger partial charge in [0, 0.05) is 17.6 Å². The van der Waals surface area contributed by atoms with E-state index >= 15 is 0 Å². The second kappa shape index (κ2) is 7.85. The van der Waals surface area contributed by atoms with Crippen molar-refractivity contribution in [2.24, 2.45) is 0 Å². The minimum absolute atomic E-state index is 0.0994. The molecule has 1 unspecified atom stereocenters. The molecule has 1 atom stereocenters. The number of nitrogens with zero attached hydrogens (tertiary/aromatic N) is 1. The lowest BCUT2D eigenvalue weighted by Crippen LogP contribution is -2.58. The Hall–Kier alpha value is -1.00. The maximum atomic E-state index is 13.9. The van der Waals surface area contributed by atoms with Gasteiger partial charge in [-0.15, -0.1) is 0 Å². The van der Waals surface area contributed by atoms with E-state index in [1.807, 2.05) is 6.92 Å². The highest BCUT2D eigenvalue weighted by Crippen LogP contribution is 2.23. The number of nitrogens with one attached hydrogen (secondary N) is 1. The third-order valence-electron chi connectivity index (χ3n) is 4.32. The molecule has 0 amide bonds. The topological polar surface area (TPSA) is 15.3 Å². The molecule has 0 aromatic heterocycles. The second-order valence-corrected chi connectivity index (χ2v) is 5.88. The average molecular weight is 298 g/mol. The Kier molecular flexibility index (Phi) is 6.75. The van der Waals surface area contributed by atoms with Gasteiger partial charge in [-0.1, -0.05) is 26.8 Å². The molecule has 0 bridgehead atoms. The maximum Gasteiger partial charge on any atom is 0.129 e. The van der Waals surface area contributed by atoms with Crippen LogP contribution in [-0.2, 0) is 6.42 Å². The highest BCUT2D eigenvalue weighted by molar-refractivity contribution is 5.20. The molecule has 0 fully saturated rings. The lowest BCUT2D eigenvalue weighted by atomic mass is 9.87. The van der Waals surface area contributed by atoms with E-state index in [2.05, 4.69) is 37.9 Å². The van der Waals surface area contributed by atoms with Gasteiger partial charge in [-0.2, -0.15) is 0 Å². The first kappa shape index (κ1) is 18.1. The lowest BCUT2D eigenvalue weighted by Gasteiger charge is -2.44. The second-order valence-electron chi connectivity index (χ2n) is 5.88. The number of hydrogen-bond acceptors (Lipinski definition) is 2. The van der Waals surface area contributed by atoms with Gasteiger partial charge >= 0.3 is 0 Å². The number of likely N-dealkylation sites (N-methyl/N-ethyl adjacent to an activating group) is 2. The zero-order chi connectivity index (χ0) is 16.0. The molecule has 21 heavy (non-hydrogen) atoms. The van der Waals surface area contributed by atoms with E-state index in [1.54, 1.807) is 6.07 Å². The molecule has 1 aromatic rings. The van der Waals surface area contributed by atoms with Gasteiger partial charge in [-0.25, -0.2) is 8.78 Å². The lowest BCUT2D eigenvalue weighted by molar-refractivity contribution is 0.0914. The highest BCUT2D eigenvalue weighted by atomic mass is 19.1. The predicted octanol–water partition coefficient (Wildman–Crippen LogP) is 3.61. The fourth-order valence-electron chi connectivity index (χ4n) is 2.98. The van der Waals surface area contributed by atoms with Crippen LogP contribution in [0.1, 0.15) is 40.2 Å². The van der Waals surface area contributed by atoms with Crippen molar-refractivity contribution < 1.29 is 8.78 Å². The van der Waals surface area contributed by atoms with E-state index in [-0.39, 0.29) is 11.6 Å². The third kappa shape index (κ3) is 4.48. The average Bonchev–Trinajstić information content (AvgIpc) is 2.42. The summed E-state index contributed by atoms with van der Waals surface area (Å²) in [5.74, 6) is -0.993.